The van der Waals surface area contributed by atoms with E-state index in [9.17, 15) is 8.42 Å². The molecule has 0 fully saturated rings. The van der Waals surface area contributed by atoms with Crippen molar-refractivity contribution in [2.24, 2.45) is 0 Å². The molecule has 0 saturated carbocycles. The predicted molar refractivity (Wildman–Crippen MR) is 72.5 cm³/mol. The fourth-order valence-corrected chi connectivity index (χ4v) is 1.94. The van der Waals surface area contributed by atoms with Gasteiger partial charge in [-0.15, -0.1) is 0 Å². The summed E-state index contributed by atoms with van der Waals surface area (Å²) in [7, 11) is -3.88. The van der Waals surface area contributed by atoms with E-state index in [1.807, 2.05) is 37.3 Å². The fraction of sp³-hybridized carbons (Fsp3) is 0.538. The van der Waals surface area contributed by atoms with Crippen molar-refractivity contribution >= 4 is 10.1 Å². The maximum Gasteiger partial charge on any atom is 0.264 e. The second kappa shape index (κ2) is 8.27. The molecular weight excluding hydrogens is 268 g/mol. The SMILES string of the molecule is C[C@H](COCCCS(=O)(=O)O)OCc1ccccc1. The van der Waals surface area contributed by atoms with E-state index in [2.05, 4.69) is 0 Å². The lowest BCUT2D eigenvalue weighted by molar-refractivity contribution is -0.0144. The third-order valence-corrected chi connectivity index (χ3v) is 3.23. The molecule has 5 nitrogen and oxygen atoms in total. The molecule has 0 heterocycles. The van der Waals surface area contributed by atoms with E-state index >= 15 is 0 Å². The largest absolute Gasteiger partial charge is 0.379 e. The molecule has 0 spiro atoms. The van der Waals surface area contributed by atoms with Gasteiger partial charge in [0, 0.05) is 6.61 Å². The summed E-state index contributed by atoms with van der Waals surface area (Å²) in [5.74, 6) is -0.272. The van der Waals surface area contributed by atoms with Crippen LogP contribution in [0.5, 0.6) is 0 Å². The maximum absolute atomic E-state index is 10.5. The van der Waals surface area contributed by atoms with Gasteiger partial charge in [0.2, 0.25) is 0 Å². The van der Waals surface area contributed by atoms with Crippen LogP contribution in [0.15, 0.2) is 30.3 Å². The zero-order chi connectivity index (χ0) is 14.1. The van der Waals surface area contributed by atoms with Crippen LogP contribution in [0.4, 0.5) is 0 Å². The van der Waals surface area contributed by atoms with Gasteiger partial charge in [-0.25, -0.2) is 0 Å². The van der Waals surface area contributed by atoms with Gasteiger partial charge in [0.1, 0.15) is 0 Å². The van der Waals surface area contributed by atoms with Gasteiger partial charge in [-0.05, 0) is 18.9 Å². The van der Waals surface area contributed by atoms with Crippen LogP contribution in [0, 0.1) is 0 Å². The lowest BCUT2D eigenvalue weighted by Gasteiger charge is -2.13. The molecule has 0 aromatic heterocycles. The van der Waals surface area contributed by atoms with Gasteiger partial charge in [0.15, 0.2) is 0 Å². The van der Waals surface area contributed by atoms with Gasteiger partial charge in [-0.3, -0.25) is 4.55 Å². The van der Waals surface area contributed by atoms with Crippen LogP contribution < -0.4 is 0 Å². The molecule has 0 saturated heterocycles. The van der Waals surface area contributed by atoms with E-state index in [0.717, 1.165) is 5.56 Å². The quantitative estimate of drug-likeness (QED) is 0.555. The standard InChI is InChI=1S/C13H20O5S/c1-12(10-17-8-5-9-19(14,15)16)18-11-13-6-3-2-4-7-13/h2-4,6-7,12H,5,8-11H2,1H3,(H,14,15,16)/t12-/m1/s1. The van der Waals surface area contributed by atoms with Crippen molar-refractivity contribution in [3.05, 3.63) is 35.9 Å². The predicted octanol–water partition coefficient (Wildman–Crippen LogP) is 1.89. The molecule has 0 amide bonds. The molecule has 1 aromatic carbocycles. The summed E-state index contributed by atoms with van der Waals surface area (Å²) in [6, 6.07) is 9.83. The Hall–Kier alpha value is -0.950. The molecule has 0 unspecified atom stereocenters. The Kier molecular flexibility index (Phi) is 7.01. The van der Waals surface area contributed by atoms with Crippen LogP contribution in [0.2, 0.25) is 0 Å². The molecular formula is C13H20O5S. The molecule has 1 rings (SSSR count). The molecule has 1 N–H and O–H groups in total. The van der Waals surface area contributed by atoms with E-state index in [1.54, 1.807) is 0 Å². The summed E-state index contributed by atoms with van der Waals surface area (Å²) in [6.07, 6.45) is 0.218. The van der Waals surface area contributed by atoms with Crippen LogP contribution in [-0.4, -0.2) is 38.0 Å². The number of rotatable bonds is 9. The van der Waals surface area contributed by atoms with Crippen LogP contribution in [0.3, 0.4) is 0 Å². The van der Waals surface area contributed by atoms with Gasteiger partial charge >= 0.3 is 0 Å². The average Bonchev–Trinajstić information content (AvgIpc) is 2.36. The van der Waals surface area contributed by atoms with Gasteiger partial charge in [-0.2, -0.15) is 8.42 Å². The second-order valence-electron chi connectivity index (χ2n) is 4.32. The first-order chi connectivity index (χ1) is 8.97. The zero-order valence-electron chi connectivity index (χ0n) is 11.0. The molecule has 1 atom stereocenters. The van der Waals surface area contributed by atoms with Gasteiger partial charge in [0.05, 0.1) is 25.1 Å². The highest BCUT2D eigenvalue weighted by Gasteiger charge is 2.05. The monoisotopic (exact) mass is 288 g/mol. The third kappa shape index (κ3) is 8.72. The Morgan fingerprint density at radius 2 is 1.95 bits per heavy atom. The molecule has 0 radical (unpaired) electrons. The van der Waals surface area contributed by atoms with Gasteiger partial charge in [-0.1, -0.05) is 30.3 Å². The first-order valence-corrected chi connectivity index (χ1v) is 7.77. The Labute approximate surface area is 114 Å². The van der Waals surface area contributed by atoms with Crippen molar-refractivity contribution in [1.29, 1.82) is 0 Å². The lowest BCUT2D eigenvalue weighted by Crippen LogP contribution is -2.17. The van der Waals surface area contributed by atoms with Crippen LogP contribution in [0.1, 0.15) is 18.9 Å². The van der Waals surface area contributed by atoms with Crippen molar-refractivity contribution in [1.82, 2.24) is 0 Å². The smallest absolute Gasteiger partial charge is 0.264 e. The Bertz CT molecular complexity index is 443. The molecule has 0 aliphatic rings. The summed E-state index contributed by atoms with van der Waals surface area (Å²) >= 11 is 0. The molecule has 1 aromatic rings. The number of hydrogen-bond donors (Lipinski definition) is 1. The number of hydrogen-bond acceptors (Lipinski definition) is 4. The molecule has 108 valence electrons. The highest BCUT2D eigenvalue weighted by Crippen LogP contribution is 2.03. The maximum atomic E-state index is 10.5. The summed E-state index contributed by atoms with van der Waals surface area (Å²) in [6.45, 7) is 3.11. The Morgan fingerprint density at radius 1 is 1.26 bits per heavy atom. The third-order valence-electron chi connectivity index (χ3n) is 2.42. The van der Waals surface area contributed by atoms with Crippen molar-refractivity contribution in [3.63, 3.8) is 0 Å². The van der Waals surface area contributed by atoms with Crippen molar-refractivity contribution < 1.29 is 22.4 Å². The van der Waals surface area contributed by atoms with Crippen LogP contribution in [-0.2, 0) is 26.2 Å². The Morgan fingerprint density at radius 3 is 2.58 bits per heavy atom. The minimum absolute atomic E-state index is 0.0639. The molecule has 0 aliphatic carbocycles. The Balaban J connectivity index is 2.07. The minimum atomic E-state index is -3.88. The molecule has 0 aliphatic heterocycles. The topological polar surface area (TPSA) is 72.8 Å². The second-order valence-corrected chi connectivity index (χ2v) is 5.89. The van der Waals surface area contributed by atoms with Gasteiger partial charge in [0.25, 0.3) is 10.1 Å². The van der Waals surface area contributed by atoms with E-state index in [4.69, 9.17) is 14.0 Å². The molecule has 6 heteroatoms. The highest BCUT2D eigenvalue weighted by molar-refractivity contribution is 7.85. The van der Waals surface area contributed by atoms with Crippen LogP contribution >= 0.6 is 0 Å². The molecule has 0 bridgehead atoms. The van der Waals surface area contributed by atoms with Crippen molar-refractivity contribution in [2.75, 3.05) is 19.0 Å². The average molecular weight is 288 g/mol. The minimum Gasteiger partial charge on any atom is -0.379 e. The first kappa shape index (κ1) is 16.1. The lowest BCUT2D eigenvalue weighted by atomic mass is 10.2. The zero-order valence-corrected chi connectivity index (χ0v) is 11.8. The first-order valence-electron chi connectivity index (χ1n) is 6.16. The summed E-state index contributed by atoms with van der Waals surface area (Å²) in [5, 5.41) is 0. The normalized spacial score (nSPS) is 13.4. The van der Waals surface area contributed by atoms with E-state index in [-0.39, 0.29) is 18.3 Å². The van der Waals surface area contributed by atoms with Crippen molar-refractivity contribution in [2.45, 2.75) is 26.1 Å². The summed E-state index contributed by atoms with van der Waals surface area (Å²) in [4.78, 5) is 0. The summed E-state index contributed by atoms with van der Waals surface area (Å²) < 4.78 is 40.3. The highest BCUT2D eigenvalue weighted by atomic mass is 32.2. The van der Waals surface area contributed by atoms with E-state index in [1.165, 1.54) is 0 Å². The van der Waals surface area contributed by atoms with E-state index in [0.29, 0.717) is 19.8 Å². The summed E-state index contributed by atoms with van der Waals surface area (Å²) in [5.41, 5.74) is 1.10. The van der Waals surface area contributed by atoms with Crippen LogP contribution in [0.25, 0.3) is 0 Å². The molecule has 19 heavy (non-hydrogen) atoms. The number of ether oxygens (including phenoxy) is 2. The number of benzene rings is 1. The van der Waals surface area contributed by atoms with Gasteiger partial charge < -0.3 is 9.47 Å². The van der Waals surface area contributed by atoms with Crippen molar-refractivity contribution in [3.8, 4) is 0 Å². The fourth-order valence-electron chi connectivity index (χ4n) is 1.45. The van der Waals surface area contributed by atoms with E-state index < -0.39 is 10.1 Å².